The van der Waals surface area contributed by atoms with Crippen molar-refractivity contribution in [1.82, 2.24) is 0 Å². The van der Waals surface area contributed by atoms with Crippen LogP contribution in [0.1, 0.15) is 17.2 Å². The lowest BCUT2D eigenvalue weighted by Gasteiger charge is -2.16. The molecule has 0 heterocycles. The molecule has 2 rings (SSSR count). The summed E-state index contributed by atoms with van der Waals surface area (Å²) in [7, 11) is 1.54. The molecule has 100 valence electrons. The van der Waals surface area contributed by atoms with Gasteiger partial charge in [-0.3, -0.25) is 0 Å². The van der Waals surface area contributed by atoms with Crippen LogP contribution in [-0.2, 0) is 0 Å². The van der Waals surface area contributed by atoms with E-state index < -0.39 is 6.04 Å². The SMILES string of the molecule is COc1ccc(C(N)c2c(F)cccc2Br)cc1Cl. The van der Waals surface area contributed by atoms with Crippen LogP contribution >= 0.6 is 27.5 Å². The molecule has 2 N–H and O–H groups in total. The largest absolute Gasteiger partial charge is 0.495 e. The number of methoxy groups -OCH3 is 1. The average molecular weight is 345 g/mol. The molecule has 2 nitrogen and oxygen atoms in total. The molecular formula is C14H12BrClFNO. The van der Waals surface area contributed by atoms with E-state index >= 15 is 0 Å². The average Bonchev–Trinajstić information content (AvgIpc) is 2.38. The van der Waals surface area contributed by atoms with Crippen LogP contribution in [0.2, 0.25) is 5.02 Å². The number of hydrogen-bond acceptors (Lipinski definition) is 2. The van der Waals surface area contributed by atoms with Crippen molar-refractivity contribution in [2.24, 2.45) is 5.73 Å². The molecule has 0 saturated carbocycles. The van der Waals surface area contributed by atoms with Gasteiger partial charge in [0.2, 0.25) is 0 Å². The summed E-state index contributed by atoms with van der Waals surface area (Å²) in [4.78, 5) is 0. The highest BCUT2D eigenvalue weighted by Gasteiger charge is 2.17. The molecule has 0 aliphatic rings. The van der Waals surface area contributed by atoms with Gasteiger partial charge >= 0.3 is 0 Å². The first-order valence-corrected chi connectivity index (χ1v) is 6.74. The van der Waals surface area contributed by atoms with E-state index in [1.807, 2.05) is 0 Å². The van der Waals surface area contributed by atoms with Gasteiger partial charge in [0.1, 0.15) is 11.6 Å². The van der Waals surface area contributed by atoms with Gasteiger partial charge in [-0.25, -0.2) is 4.39 Å². The fourth-order valence-electron chi connectivity index (χ4n) is 1.85. The summed E-state index contributed by atoms with van der Waals surface area (Å²) in [5.41, 5.74) is 7.23. The minimum Gasteiger partial charge on any atom is -0.495 e. The fraction of sp³-hybridized carbons (Fsp3) is 0.143. The van der Waals surface area contributed by atoms with E-state index in [1.54, 1.807) is 30.3 Å². The summed E-state index contributed by atoms with van der Waals surface area (Å²) < 4.78 is 19.6. The standard InChI is InChI=1S/C14H12BrClFNO/c1-19-12-6-5-8(7-10(12)16)14(18)13-9(15)3-2-4-11(13)17/h2-7,14H,18H2,1H3. The molecule has 0 fully saturated rings. The number of hydrogen-bond donors (Lipinski definition) is 1. The number of nitrogens with two attached hydrogens (primary N) is 1. The molecule has 2 aromatic rings. The molecular weight excluding hydrogens is 333 g/mol. The van der Waals surface area contributed by atoms with E-state index in [1.165, 1.54) is 13.2 Å². The van der Waals surface area contributed by atoms with Crippen LogP contribution in [0.4, 0.5) is 4.39 Å². The molecule has 0 aliphatic heterocycles. The Morgan fingerprint density at radius 2 is 2.05 bits per heavy atom. The van der Waals surface area contributed by atoms with E-state index in [2.05, 4.69) is 15.9 Å². The predicted octanol–water partition coefficient (Wildman–Crippen LogP) is 4.30. The summed E-state index contributed by atoms with van der Waals surface area (Å²) in [6.45, 7) is 0. The topological polar surface area (TPSA) is 35.2 Å². The molecule has 0 saturated heterocycles. The molecule has 19 heavy (non-hydrogen) atoms. The van der Waals surface area contributed by atoms with Gasteiger partial charge in [-0.2, -0.15) is 0 Å². The van der Waals surface area contributed by atoms with Gasteiger partial charge in [-0.1, -0.05) is 39.7 Å². The monoisotopic (exact) mass is 343 g/mol. The van der Waals surface area contributed by atoms with Crippen molar-refractivity contribution in [2.75, 3.05) is 7.11 Å². The first kappa shape index (κ1) is 14.3. The van der Waals surface area contributed by atoms with Crippen molar-refractivity contribution in [3.63, 3.8) is 0 Å². The normalized spacial score (nSPS) is 12.3. The highest BCUT2D eigenvalue weighted by atomic mass is 79.9. The lowest BCUT2D eigenvalue weighted by atomic mass is 9.99. The summed E-state index contributed by atoms with van der Waals surface area (Å²) in [5, 5.41) is 0.447. The van der Waals surface area contributed by atoms with Crippen molar-refractivity contribution in [2.45, 2.75) is 6.04 Å². The second kappa shape index (κ2) is 5.90. The quantitative estimate of drug-likeness (QED) is 0.901. The Labute approximate surface area is 124 Å². The third kappa shape index (κ3) is 2.91. The molecule has 0 radical (unpaired) electrons. The van der Waals surface area contributed by atoms with Gasteiger partial charge in [-0.15, -0.1) is 0 Å². The first-order valence-electron chi connectivity index (χ1n) is 5.57. The minimum absolute atomic E-state index is 0.353. The molecule has 0 aromatic heterocycles. The van der Waals surface area contributed by atoms with E-state index in [0.717, 1.165) is 5.56 Å². The molecule has 2 aromatic carbocycles. The number of rotatable bonds is 3. The zero-order valence-electron chi connectivity index (χ0n) is 10.2. The summed E-state index contributed by atoms with van der Waals surface area (Å²) in [6, 6.07) is 9.33. The highest BCUT2D eigenvalue weighted by molar-refractivity contribution is 9.10. The molecule has 0 amide bonds. The van der Waals surface area contributed by atoms with Crippen molar-refractivity contribution in [1.29, 1.82) is 0 Å². The third-order valence-electron chi connectivity index (χ3n) is 2.85. The maximum absolute atomic E-state index is 13.9. The van der Waals surface area contributed by atoms with Crippen LogP contribution < -0.4 is 10.5 Å². The molecule has 0 bridgehead atoms. The summed E-state index contributed by atoms with van der Waals surface area (Å²) in [6.07, 6.45) is 0. The third-order valence-corrected chi connectivity index (χ3v) is 3.83. The van der Waals surface area contributed by atoms with Gasteiger partial charge in [0, 0.05) is 10.0 Å². The Morgan fingerprint density at radius 1 is 1.32 bits per heavy atom. The maximum Gasteiger partial charge on any atom is 0.137 e. The van der Waals surface area contributed by atoms with E-state index in [-0.39, 0.29) is 5.82 Å². The van der Waals surface area contributed by atoms with Crippen LogP contribution in [0.15, 0.2) is 40.9 Å². The lowest BCUT2D eigenvalue weighted by Crippen LogP contribution is -2.14. The van der Waals surface area contributed by atoms with Gasteiger partial charge in [0.05, 0.1) is 18.2 Å². The Kier molecular flexibility index (Phi) is 4.45. The van der Waals surface area contributed by atoms with Crippen molar-refractivity contribution < 1.29 is 9.13 Å². The van der Waals surface area contributed by atoms with Gasteiger partial charge in [-0.05, 0) is 29.8 Å². The molecule has 1 unspecified atom stereocenters. The van der Waals surface area contributed by atoms with Crippen LogP contribution in [0.5, 0.6) is 5.75 Å². The van der Waals surface area contributed by atoms with E-state index in [4.69, 9.17) is 22.1 Å². The highest BCUT2D eigenvalue weighted by Crippen LogP contribution is 2.33. The number of halogens is 3. The zero-order valence-corrected chi connectivity index (χ0v) is 12.5. The number of ether oxygens (including phenoxy) is 1. The summed E-state index contributed by atoms with van der Waals surface area (Å²) >= 11 is 9.37. The smallest absolute Gasteiger partial charge is 0.137 e. The lowest BCUT2D eigenvalue weighted by molar-refractivity contribution is 0.415. The fourth-order valence-corrected chi connectivity index (χ4v) is 2.71. The van der Waals surface area contributed by atoms with Gasteiger partial charge in [0.25, 0.3) is 0 Å². The predicted molar refractivity (Wildman–Crippen MR) is 78.1 cm³/mol. The molecule has 1 atom stereocenters. The first-order chi connectivity index (χ1) is 9.04. The molecule has 0 aliphatic carbocycles. The Bertz CT molecular complexity index is 586. The second-order valence-electron chi connectivity index (χ2n) is 4.01. The molecule has 0 spiro atoms. The van der Waals surface area contributed by atoms with Crippen LogP contribution in [0.3, 0.4) is 0 Å². The minimum atomic E-state index is -0.598. The van der Waals surface area contributed by atoms with E-state index in [0.29, 0.717) is 20.8 Å². The van der Waals surface area contributed by atoms with Crippen LogP contribution in [-0.4, -0.2) is 7.11 Å². The zero-order chi connectivity index (χ0) is 14.0. The Balaban J connectivity index is 2.44. The maximum atomic E-state index is 13.9. The van der Waals surface area contributed by atoms with Crippen LogP contribution in [0.25, 0.3) is 0 Å². The van der Waals surface area contributed by atoms with Crippen LogP contribution in [0, 0.1) is 5.82 Å². The van der Waals surface area contributed by atoms with Crippen molar-refractivity contribution >= 4 is 27.5 Å². The van der Waals surface area contributed by atoms with Crippen molar-refractivity contribution in [3.8, 4) is 5.75 Å². The van der Waals surface area contributed by atoms with Gasteiger partial charge < -0.3 is 10.5 Å². The number of benzene rings is 2. The Morgan fingerprint density at radius 3 is 2.63 bits per heavy atom. The van der Waals surface area contributed by atoms with E-state index in [9.17, 15) is 4.39 Å². The molecule has 5 heteroatoms. The Hall–Kier alpha value is -1.10. The van der Waals surface area contributed by atoms with Gasteiger partial charge in [0.15, 0.2) is 0 Å². The summed E-state index contributed by atoms with van der Waals surface area (Å²) in [5.74, 6) is 0.207. The second-order valence-corrected chi connectivity index (χ2v) is 5.27. The van der Waals surface area contributed by atoms with Crippen molar-refractivity contribution in [3.05, 3.63) is 62.8 Å².